The number of hydrogen-bond acceptors (Lipinski definition) is 7. The average Bonchev–Trinajstić information content (AvgIpc) is 2.59. The summed E-state index contributed by atoms with van der Waals surface area (Å²) in [5.41, 5.74) is 18.3. The molecule has 1 aliphatic rings. The normalized spacial score (nSPS) is 15.6. The molecule has 2 aromatic carbocycles. The van der Waals surface area contributed by atoms with Gasteiger partial charge in [0.15, 0.2) is 0 Å². The molecular formula is C19H21ClN6O2. The summed E-state index contributed by atoms with van der Waals surface area (Å²) < 4.78 is 5.78. The SMILES string of the molecule is CC1(C)N=C(N)N=C(N)N1c1ccc(OCc2cccc(C(N)=O)c2)c(Cl)c1. The molecule has 0 bridgehead atoms. The van der Waals surface area contributed by atoms with E-state index >= 15 is 0 Å². The highest BCUT2D eigenvalue weighted by molar-refractivity contribution is 6.32. The number of carbonyl (C=O) groups excluding carboxylic acids is 1. The Morgan fingerprint density at radius 2 is 1.96 bits per heavy atom. The number of benzene rings is 2. The molecule has 146 valence electrons. The number of anilines is 1. The molecule has 28 heavy (non-hydrogen) atoms. The molecule has 8 nitrogen and oxygen atoms in total. The van der Waals surface area contributed by atoms with Gasteiger partial charge < -0.3 is 21.9 Å². The summed E-state index contributed by atoms with van der Waals surface area (Å²) in [5.74, 6) is 0.354. The standard InChI is InChI=1S/C19H21ClN6O2/c1-19(2)25-17(22)24-18(23)26(19)13-6-7-15(14(20)9-13)28-10-11-4-3-5-12(8-11)16(21)27/h3-9H,10H2,1-2H3,(H2,21,27)(H4,22,23,24,25). The maximum atomic E-state index is 11.3. The molecule has 0 saturated carbocycles. The van der Waals surface area contributed by atoms with Crippen LogP contribution in [0.1, 0.15) is 29.8 Å². The van der Waals surface area contributed by atoms with Crippen molar-refractivity contribution in [3.63, 3.8) is 0 Å². The number of hydrogen-bond donors (Lipinski definition) is 3. The molecule has 0 unspecified atom stereocenters. The second kappa shape index (κ2) is 7.40. The molecule has 1 aliphatic heterocycles. The number of nitrogens with zero attached hydrogens (tertiary/aromatic N) is 3. The maximum absolute atomic E-state index is 11.3. The molecule has 0 saturated heterocycles. The van der Waals surface area contributed by atoms with Crippen LogP contribution in [-0.4, -0.2) is 23.5 Å². The number of rotatable bonds is 5. The van der Waals surface area contributed by atoms with Crippen LogP contribution in [-0.2, 0) is 6.61 Å². The molecule has 3 rings (SSSR count). The van der Waals surface area contributed by atoms with Crippen molar-refractivity contribution in [2.75, 3.05) is 4.90 Å². The molecule has 0 atom stereocenters. The molecule has 0 spiro atoms. The van der Waals surface area contributed by atoms with Gasteiger partial charge in [-0.1, -0.05) is 23.7 Å². The van der Waals surface area contributed by atoms with E-state index in [0.717, 1.165) is 5.56 Å². The predicted molar refractivity (Wildman–Crippen MR) is 111 cm³/mol. The topological polar surface area (TPSA) is 132 Å². The van der Waals surface area contributed by atoms with Crippen molar-refractivity contribution in [3.8, 4) is 5.75 Å². The number of ether oxygens (including phenoxy) is 1. The number of amides is 1. The fourth-order valence-corrected chi connectivity index (χ4v) is 3.20. The smallest absolute Gasteiger partial charge is 0.248 e. The lowest BCUT2D eigenvalue weighted by atomic mass is 10.1. The molecular weight excluding hydrogens is 380 g/mol. The van der Waals surface area contributed by atoms with E-state index in [4.69, 9.17) is 33.5 Å². The minimum absolute atomic E-state index is 0.128. The largest absolute Gasteiger partial charge is 0.487 e. The Morgan fingerprint density at radius 1 is 1.21 bits per heavy atom. The van der Waals surface area contributed by atoms with Crippen molar-refractivity contribution in [1.82, 2.24) is 0 Å². The zero-order valence-corrected chi connectivity index (χ0v) is 16.3. The van der Waals surface area contributed by atoms with Crippen LogP contribution in [0.2, 0.25) is 5.02 Å². The van der Waals surface area contributed by atoms with E-state index < -0.39 is 11.6 Å². The van der Waals surface area contributed by atoms with Crippen LogP contribution >= 0.6 is 11.6 Å². The first-order chi connectivity index (χ1) is 13.2. The molecule has 0 aliphatic carbocycles. The minimum Gasteiger partial charge on any atom is -0.487 e. The first-order valence-electron chi connectivity index (χ1n) is 8.48. The van der Waals surface area contributed by atoms with Gasteiger partial charge in [-0.05, 0) is 49.7 Å². The Labute approximate surface area is 167 Å². The average molecular weight is 401 g/mol. The minimum atomic E-state index is -0.711. The lowest BCUT2D eigenvalue weighted by Gasteiger charge is -2.38. The number of guanidine groups is 2. The summed E-state index contributed by atoms with van der Waals surface area (Å²) in [6, 6.07) is 12.2. The molecule has 0 radical (unpaired) electrons. The Bertz CT molecular complexity index is 986. The molecule has 0 fully saturated rings. The third-order valence-electron chi connectivity index (χ3n) is 4.17. The fourth-order valence-electron chi connectivity index (χ4n) is 2.97. The molecule has 1 heterocycles. The highest BCUT2D eigenvalue weighted by atomic mass is 35.5. The van der Waals surface area contributed by atoms with E-state index in [9.17, 15) is 4.79 Å². The summed E-state index contributed by atoms with van der Waals surface area (Å²) in [6.07, 6.45) is 0. The zero-order chi connectivity index (χ0) is 20.5. The van der Waals surface area contributed by atoms with Gasteiger partial charge in [-0.15, -0.1) is 0 Å². The molecule has 9 heteroatoms. The van der Waals surface area contributed by atoms with Crippen molar-refractivity contribution in [3.05, 3.63) is 58.6 Å². The van der Waals surface area contributed by atoms with Crippen molar-refractivity contribution < 1.29 is 9.53 Å². The summed E-state index contributed by atoms with van der Waals surface area (Å²) in [7, 11) is 0. The van der Waals surface area contributed by atoms with Gasteiger partial charge in [0, 0.05) is 11.3 Å². The fraction of sp³-hybridized carbons (Fsp3) is 0.211. The van der Waals surface area contributed by atoms with Gasteiger partial charge in [0.25, 0.3) is 0 Å². The van der Waals surface area contributed by atoms with E-state index in [2.05, 4.69) is 9.98 Å². The second-order valence-corrected chi connectivity index (χ2v) is 7.15. The van der Waals surface area contributed by atoms with Gasteiger partial charge in [0.2, 0.25) is 17.8 Å². The van der Waals surface area contributed by atoms with Crippen LogP contribution in [0.3, 0.4) is 0 Å². The van der Waals surface area contributed by atoms with Crippen LogP contribution in [0.5, 0.6) is 5.75 Å². The van der Waals surface area contributed by atoms with Crippen LogP contribution in [0.4, 0.5) is 5.69 Å². The van der Waals surface area contributed by atoms with Crippen molar-refractivity contribution in [2.45, 2.75) is 26.1 Å². The number of primary amides is 1. The number of halogens is 1. The Balaban J connectivity index is 1.79. The third kappa shape index (κ3) is 4.01. The summed E-state index contributed by atoms with van der Waals surface area (Å²) in [6.45, 7) is 3.97. The Kier molecular flexibility index (Phi) is 5.15. The van der Waals surface area contributed by atoms with Crippen LogP contribution in [0.25, 0.3) is 0 Å². The van der Waals surface area contributed by atoms with Crippen molar-refractivity contribution in [2.24, 2.45) is 27.2 Å². The van der Waals surface area contributed by atoms with Crippen LogP contribution in [0, 0.1) is 0 Å². The highest BCUT2D eigenvalue weighted by Gasteiger charge is 2.33. The molecule has 1 amide bonds. The number of aliphatic imine (C=N–C) groups is 2. The summed E-state index contributed by atoms with van der Waals surface area (Å²) in [4.78, 5) is 21.4. The Hall–Kier alpha value is -3.26. The highest BCUT2D eigenvalue weighted by Crippen LogP contribution is 2.34. The van der Waals surface area contributed by atoms with Crippen molar-refractivity contribution in [1.29, 1.82) is 0 Å². The first kappa shape index (κ1) is 19.5. The third-order valence-corrected chi connectivity index (χ3v) is 4.47. The van der Waals surface area contributed by atoms with E-state index in [-0.39, 0.29) is 18.5 Å². The molecule has 0 aromatic heterocycles. The molecule has 2 aromatic rings. The van der Waals surface area contributed by atoms with Gasteiger partial charge >= 0.3 is 0 Å². The van der Waals surface area contributed by atoms with Gasteiger partial charge in [0.05, 0.1) is 5.02 Å². The first-order valence-corrected chi connectivity index (χ1v) is 8.86. The lowest BCUT2D eigenvalue weighted by molar-refractivity contribution is 0.1000. The van der Waals surface area contributed by atoms with Gasteiger partial charge in [-0.25, -0.2) is 4.99 Å². The van der Waals surface area contributed by atoms with Crippen LogP contribution in [0.15, 0.2) is 52.4 Å². The lowest BCUT2D eigenvalue weighted by Crippen LogP contribution is -2.54. The van der Waals surface area contributed by atoms with Gasteiger partial charge in [0.1, 0.15) is 18.0 Å². The van der Waals surface area contributed by atoms with E-state index in [0.29, 0.717) is 22.0 Å². The quantitative estimate of drug-likeness (QED) is 0.707. The maximum Gasteiger partial charge on any atom is 0.248 e. The number of nitrogens with two attached hydrogens (primary N) is 3. The zero-order valence-electron chi connectivity index (χ0n) is 15.5. The van der Waals surface area contributed by atoms with E-state index in [1.54, 1.807) is 35.2 Å². The predicted octanol–water partition coefficient (Wildman–Crippen LogP) is 2.20. The van der Waals surface area contributed by atoms with Crippen LogP contribution < -0.4 is 26.8 Å². The van der Waals surface area contributed by atoms with Gasteiger partial charge in [-0.3, -0.25) is 9.69 Å². The van der Waals surface area contributed by atoms with Gasteiger partial charge in [-0.2, -0.15) is 4.99 Å². The van der Waals surface area contributed by atoms with Crippen molar-refractivity contribution >= 4 is 35.1 Å². The number of carbonyl (C=O) groups is 1. The summed E-state index contributed by atoms with van der Waals surface area (Å²) >= 11 is 6.40. The van der Waals surface area contributed by atoms with E-state index in [1.807, 2.05) is 26.0 Å². The second-order valence-electron chi connectivity index (χ2n) is 6.74. The monoisotopic (exact) mass is 400 g/mol. The Morgan fingerprint density at radius 3 is 2.61 bits per heavy atom. The summed E-state index contributed by atoms with van der Waals surface area (Å²) in [5, 5.41) is 0.398. The van der Waals surface area contributed by atoms with E-state index in [1.165, 1.54) is 0 Å². The molecule has 6 N–H and O–H groups in total.